The molecule has 0 aromatic carbocycles. The van der Waals surface area contributed by atoms with Gasteiger partial charge >= 0.3 is 0 Å². The molecule has 0 atom stereocenters. The van der Waals surface area contributed by atoms with Gasteiger partial charge < -0.3 is 4.90 Å². The van der Waals surface area contributed by atoms with Crippen molar-refractivity contribution in [3.8, 4) is 0 Å². The predicted molar refractivity (Wildman–Crippen MR) is 64.4 cm³/mol. The van der Waals surface area contributed by atoms with Gasteiger partial charge in [0.05, 0.1) is 0 Å². The Balaban J connectivity index is 2.55. The van der Waals surface area contributed by atoms with Gasteiger partial charge in [0.1, 0.15) is 5.78 Å². The molecule has 1 amide bonds. The fraction of sp³-hybridized carbons (Fsp3) is 0.769. The lowest BCUT2D eigenvalue weighted by Gasteiger charge is -2.33. The van der Waals surface area contributed by atoms with E-state index in [4.69, 9.17) is 0 Å². The number of hydrogen-bond acceptors (Lipinski definition) is 3. The number of likely N-dealkylation sites (tertiary alicyclic amines) is 1. The molecule has 4 heteroatoms. The van der Waals surface area contributed by atoms with Crippen LogP contribution in [-0.2, 0) is 14.4 Å². The number of rotatable bonds is 2. The number of Topliss-reactive ketones (excluding diaryl/α,β-unsaturated/α-hetero) is 2. The normalized spacial score (nSPS) is 18.0. The van der Waals surface area contributed by atoms with Crippen LogP contribution in [0, 0.1) is 11.3 Å². The minimum Gasteiger partial charge on any atom is -0.336 e. The third kappa shape index (κ3) is 3.38. The van der Waals surface area contributed by atoms with E-state index in [-0.39, 0.29) is 17.1 Å². The molecule has 0 spiro atoms. The third-order valence-electron chi connectivity index (χ3n) is 3.19. The SMILES string of the molecule is CC(=O)C(=O)N1CCC(C(=O)C(C)(C)C)CC1. The standard InChI is InChI=1S/C13H21NO3/c1-9(15)12(17)14-7-5-10(6-8-14)11(16)13(2,3)4/h10H,5-8H2,1-4H3. The first-order chi connectivity index (χ1) is 7.73. The predicted octanol–water partition coefficient (Wildman–Crippen LogP) is 1.43. The lowest BCUT2D eigenvalue weighted by Crippen LogP contribution is -2.44. The van der Waals surface area contributed by atoms with E-state index in [1.165, 1.54) is 6.92 Å². The molecular weight excluding hydrogens is 218 g/mol. The summed E-state index contributed by atoms with van der Waals surface area (Å²) in [6, 6.07) is 0. The fourth-order valence-electron chi connectivity index (χ4n) is 2.18. The highest BCUT2D eigenvalue weighted by atomic mass is 16.2. The van der Waals surface area contributed by atoms with Crippen LogP contribution in [0.4, 0.5) is 0 Å². The second-order valence-corrected chi connectivity index (χ2v) is 5.74. The number of nitrogens with zero attached hydrogens (tertiary/aromatic N) is 1. The van der Waals surface area contributed by atoms with Crippen molar-refractivity contribution in [1.82, 2.24) is 4.90 Å². The second kappa shape index (κ2) is 4.98. The van der Waals surface area contributed by atoms with E-state index in [0.29, 0.717) is 25.9 Å². The maximum Gasteiger partial charge on any atom is 0.289 e. The molecular formula is C13H21NO3. The minimum absolute atomic E-state index is 0.0333. The van der Waals surface area contributed by atoms with Crippen molar-refractivity contribution in [2.24, 2.45) is 11.3 Å². The molecule has 1 saturated heterocycles. The Morgan fingerprint density at radius 2 is 1.53 bits per heavy atom. The number of hydrogen-bond donors (Lipinski definition) is 0. The molecule has 0 bridgehead atoms. The Morgan fingerprint density at radius 1 is 1.06 bits per heavy atom. The van der Waals surface area contributed by atoms with E-state index in [1.807, 2.05) is 20.8 Å². The zero-order valence-electron chi connectivity index (χ0n) is 11.1. The van der Waals surface area contributed by atoms with E-state index in [2.05, 4.69) is 0 Å². The van der Waals surface area contributed by atoms with E-state index in [1.54, 1.807) is 4.90 Å². The molecule has 1 aliphatic heterocycles. The first kappa shape index (κ1) is 13.9. The number of piperidine rings is 1. The highest BCUT2D eigenvalue weighted by Crippen LogP contribution is 2.27. The monoisotopic (exact) mass is 239 g/mol. The van der Waals surface area contributed by atoms with Crippen molar-refractivity contribution in [2.75, 3.05) is 13.1 Å². The van der Waals surface area contributed by atoms with Crippen LogP contribution >= 0.6 is 0 Å². The van der Waals surface area contributed by atoms with Crippen LogP contribution in [0.5, 0.6) is 0 Å². The molecule has 0 saturated carbocycles. The summed E-state index contributed by atoms with van der Waals surface area (Å²) in [6.07, 6.45) is 1.35. The molecule has 1 aliphatic rings. The lowest BCUT2D eigenvalue weighted by atomic mass is 9.79. The molecule has 1 heterocycles. The average Bonchev–Trinajstić information content (AvgIpc) is 2.26. The first-order valence-corrected chi connectivity index (χ1v) is 6.07. The summed E-state index contributed by atoms with van der Waals surface area (Å²) in [5.41, 5.74) is -0.322. The molecule has 1 fully saturated rings. The summed E-state index contributed by atoms with van der Waals surface area (Å²) in [5.74, 6) is -0.560. The van der Waals surface area contributed by atoms with Gasteiger partial charge in [-0.05, 0) is 12.8 Å². The third-order valence-corrected chi connectivity index (χ3v) is 3.19. The topological polar surface area (TPSA) is 54.5 Å². The van der Waals surface area contributed by atoms with Crippen LogP contribution in [0.1, 0.15) is 40.5 Å². The van der Waals surface area contributed by atoms with Crippen molar-refractivity contribution in [2.45, 2.75) is 40.5 Å². The summed E-state index contributed by atoms with van der Waals surface area (Å²) >= 11 is 0. The highest BCUT2D eigenvalue weighted by molar-refractivity contribution is 6.35. The highest BCUT2D eigenvalue weighted by Gasteiger charge is 2.33. The van der Waals surface area contributed by atoms with Crippen molar-refractivity contribution in [3.63, 3.8) is 0 Å². The maximum absolute atomic E-state index is 12.1. The van der Waals surface area contributed by atoms with Gasteiger partial charge in [-0.25, -0.2) is 0 Å². The van der Waals surface area contributed by atoms with Crippen LogP contribution < -0.4 is 0 Å². The van der Waals surface area contributed by atoms with E-state index < -0.39 is 11.7 Å². The summed E-state index contributed by atoms with van der Waals surface area (Å²) in [4.78, 5) is 36.0. The van der Waals surface area contributed by atoms with E-state index >= 15 is 0 Å². The number of amides is 1. The minimum atomic E-state index is -0.425. The lowest BCUT2D eigenvalue weighted by molar-refractivity contribution is -0.145. The van der Waals surface area contributed by atoms with Crippen molar-refractivity contribution < 1.29 is 14.4 Å². The Hall–Kier alpha value is -1.19. The van der Waals surface area contributed by atoms with Crippen LogP contribution in [0.15, 0.2) is 0 Å². The zero-order valence-corrected chi connectivity index (χ0v) is 11.1. The van der Waals surface area contributed by atoms with Crippen LogP contribution in [0.2, 0.25) is 0 Å². The van der Waals surface area contributed by atoms with Crippen LogP contribution in [0.3, 0.4) is 0 Å². The summed E-state index contributed by atoms with van der Waals surface area (Å²) in [6.45, 7) is 8.08. The zero-order chi connectivity index (χ0) is 13.2. The Bertz CT molecular complexity index is 333. The van der Waals surface area contributed by atoms with Crippen molar-refractivity contribution in [3.05, 3.63) is 0 Å². The van der Waals surface area contributed by atoms with Crippen molar-refractivity contribution >= 4 is 17.5 Å². The number of carbonyl (C=O) groups excluding carboxylic acids is 3. The molecule has 0 aromatic heterocycles. The van der Waals surface area contributed by atoms with Gasteiger partial charge in [0.25, 0.3) is 5.91 Å². The number of carbonyl (C=O) groups is 3. The van der Waals surface area contributed by atoms with Gasteiger partial charge in [-0.1, -0.05) is 20.8 Å². The summed E-state index contributed by atoms with van der Waals surface area (Å²) < 4.78 is 0. The quantitative estimate of drug-likeness (QED) is 0.685. The van der Waals surface area contributed by atoms with Gasteiger partial charge in [-0.15, -0.1) is 0 Å². The van der Waals surface area contributed by atoms with Crippen molar-refractivity contribution in [1.29, 1.82) is 0 Å². The smallest absolute Gasteiger partial charge is 0.289 e. The van der Waals surface area contributed by atoms with Gasteiger partial charge in [-0.3, -0.25) is 14.4 Å². The van der Waals surface area contributed by atoms with E-state index in [0.717, 1.165) is 0 Å². The summed E-state index contributed by atoms with van der Waals surface area (Å²) in [7, 11) is 0. The fourth-order valence-corrected chi connectivity index (χ4v) is 2.18. The largest absolute Gasteiger partial charge is 0.336 e. The van der Waals surface area contributed by atoms with E-state index in [9.17, 15) is 14.4 Å². The molecule has 0 aromatic rings. The Kier molecular flexibility index (Phi) is 4.07. The maximum atomic E-state index is 12.1. The average molecular weight is 239 g/mol. The molecule has 96 valence electrons. The Labute approximate surface area is 102 Å². The molecule has 4 nitrogen and oxygen atoms in total. The molecule has 0 aliphatic carbocycles. The molecule has 0 N–H and O–H groups in total. The first-order valence-electron chi connectivity index (χ1n) is 6.07. The summed E-state index contributed by atoms with van der Waals surface area (Å²) in [5, 5.41) is 0. The molecule has 17 heavy (non-hydrogen) atoms. The molecule has 0 unspecified atom stereocenters. The Morgan fingerprint density at radius 3 is 1.88 bits per heavy atom. The second-order valence-electron chi connectivity index (χ2n) is 5.74. The number of ketones is 2. The van der Waals surface area contributed by atoms with Crippen LogP contribution in [-0.4, -0.2) is 35.5 Å². The molecule has 0 radical (unpaired) electrons. The van der Waals surface area contributed by atoms with Crippen LogP contribution in [0.25, 0.3) is 0 Å². The van der Waals surface area contributed by atoms with Gasteiger partial charge in [0, 0.05) is 31.3 Å². The van der Waals surface area contributed by atoms with Gasteiger partial charge in [-0.2, -0.15) is 0 Å². The van der Waals surface area contributed by atoms with Gasteiger partial charge in [0.2, 0.25) is 5.78 Å². The molecule has 1 rings (SSSR count). The van der Waals surface area contributed by atoms with Gasteiger partial charge in [0.15, 0.2) is 0 Å².